The number of hydrazone groups is 1. The van der Waals surface area contributed by atoms with Gasteiger partial charge < -0.3 is 5.32 Å². The van der Waals surface area contributed by atoms with Gasteiger partial charge in [-0.2, -0.15) is 5.10 Å². The van der Waals surface area contributed by atoms with Gasteiger partial charge in [0.1, 0.15) is 0 Å². The Hall–Kier alpha value is -2.64. The lowest BCUT2D eigenvalue weighted by Gasteiger charge is -2.22. The molecular formula is C18H16Cl2N4O3. The molecule has 140 valence electrons. The van der Waals surface area contributed by atoms with E-state index in [1.54, 1.807) is 24.3 Å². The topological polar surface area (TPSA) is 87.8 Å². The Morgan fingerprint density at radius 2 is 1.89 bits per heavy atom. The summed E-state index contributed by atoms with van der Waals surface area (Å²) < 4.78 is 0. The van der Waals surface area contributed by atoms with Gasteiger partial charge in [-0.1, -0.05) is 23.2 Å². The van der Waals surface area contributed by atoms with Gasteiger partial charge in [-0.3, -0.25) is 10.1 Å². The summed E-state index contributed by atoms with van der Waals surface area (Å²) in [5, 5.41) is 20.2. The zero-order valence-corrected chi connectivity index (χ0v) is 16.1. The quantitative estimate of drug-likeness (QED) is 0.597. The summed E-state index contributed by atoms with van der Waals surface area (Å²) in [6.45, 7) is 1.88. The molecule has 27 heavy (non-hydrogen) atoms. The number of amides is 2. The molecule has 1 N–H and O–H groups in total. The van der Waals surface area contributed by atoms with Gasteiger partial charge in [0.15, 0.2) is 0 Å². The first-order chi connectivity index (χ1) is 12.8. The number of nitro groups is 1. The van der Waals surface area contributed by atoms with E-state index in [9.17, 15) is 14.9 Å². The number of benzene rings is 2. The Balaban J connectivity index is 2.20. The van der Waals surface area contributed by atoms with Crippen molar-refractivity contribution in [3.8, 4) is 0 Å². The van der Waals surface area contributed by atoms with Crippen LogP contribution in [-0.4, -0.2) is 34.8 Å². The van der Waals surface area contributed by atoms with Crippen LogP contribution in [0.3, 0.4) is 0 Å². The second-order valence-electron chi connectivity index (χ2n) is 6.13. The molecule has 0 saturated heterocycles. The van der Waals surface area contributed by atoms with E-state index in [4.69, 9.17) is 23.2 Å². The van der Waals surface area contributed by atoms with Crippen LogP contribution in [0.25, 0.3) is 0 Å². The molecule has 0 aromatic heterocycles. The van der Waals surface area contributed by atoms with Crippen molar-refractivity contribution in [2.45, 2.75) is 19.4 Å². The third-order valence-corrected chi connectivity index (χ3v) is 5.04. The first kappa shape index (κ1) is 19.1. The number of carbonyl (C=O) groups is 1. The number of halogens is 2. The molecule has 1 aliphatic heterocycles. The monoisotopic (exact) mass is 406 g/mol. The number of carbonyl (C=O) groups excluding carboxylic acids is 1. The van der Waals surface area contributed by atoms with Gasteiger partial charge >= 0.3 is 6.03 Å². The zero-order chi connectivity index (χ0) is 19.7. The Labute approximate surface area is 165 Å². The van der Waals surface area contributed by atoms with Crippen molar-refractivity contribution in [3.05, 3.63) is 73.2 Å². The van der Waals surface area contributed by atoms with Crippen molar-refractivity contribution in [1.29, 1.82) is 0 Å². The molecule has 0 fully saturated rings. The fourth-order valence-electron chi connectivity index (χ4n) is 2.96. The number of rotatable bonds is 2. The van der Waals surface area contributed by atoms with Gasteiger partial charge in [-0.25, -0.2) is 9.80 Å². The lowest BCUT2D eigenvalue weighted by Crippen LogP contribution is -2.41. The highest BCUT2D eigenvalue weighted by Gasteiger charge is 2.27. The number of fused-ring (bicyclic) bond motifs is 1. The van der Waals surface area contributed by atoms with Gasteiger partial charge in [0.2, 0.25) is 0 Å². The van der Waals surface area contributed by atoms with E-state index >= 15 is 0 Å². The number of urea groups is 1. The van der Waals surface area contributed by atoms with E-state index in [2.05, 4.69) is 10.4 Å². The zero-order valence-electron chi connectivity index (χ0n) is 14.6. The van der Waals surface area contributed by atoms with E-state index in [-0.39, 0.29) is 17.8 Å². The standard InChI is InChI=1S/C18H16Cl2N4O3/c1-10-7-12-8-15(19)16(20)9-14(12)17(22-23(10)18(25)21-2)11-3-5-13(6-4-11)24(26)27/h3-6,8-10H,7H2,1-2H3,(H,21,25). The molecule has 0 bridgehead atoms. The second kappa shape index (κ2) is 7.54. The summed E-state index contributed by atoms with van der Waals surface area (Å²) in [5.74, 6) is 0. The van der Waals surface area contributed by atoms with E-state index in [0.717, 1.165) is 11.1 Å². The molecule has 0 aliphatic carbocycles. The fourth-order valence-corrected chi connectivity index (χ4v) is 3.31. The second-order valence-corrected chi connectivity index (χ2v) is 6.94. The Morgan fingerprint density at radius 1 is 1.26 bits per heavy atom. The summed E-state index contributed by atoms with van der Waals surface area (Å²) in [6.07, 6.45) is 0.527. The normalized spacial score (nSPS) is 16.2. The molecule has 1 unspecified atom stereocenters. The van der Waals surface area contributed by atoms with Gasteiger partial charge in [0, 0.05) is 30.3 Å². The Kier molecular flexibility index (Phi) is 5.34. The molecular weight excluding hydrogens is 391 g/mol. The van der Waals surface area contributed by atoms with Crippen LogP contribution in [0.5, 0.6) is 0 Å². The maximum absolute atomic E-state index is 12.3. The SMILES string of the molecule is CNC(=O)N1N=C(c2ccc([N+](=O)[O-])cc2)c2cc(Cl)c(Cl)cc2CC1C. The number of nitrogens with one attached hydrogen (secondary N) is 1. The molecule has 2 amide bonds. The molecule has 2 aromatic rings. The summed E-state index contributed by atoms with van der Waals surface area (Å²) >= 11 is 12.4. The summed E-state index contributed by atoms with van der Waals surface area (Å²) in [7, 11) is 1.53. The minimum Gasteiger partial charge on any atom is -0.340 e. The molecule has 1 aliphatic rings. The molecule has 1 heterocycles. The number of hydrogen-bond acceptors (Lipinski definition) is 4. The van der Waals surface area contributed by atoms with Crippen molar-refractivity contribution in [2.75, 3.05) is 7.05 Å². The van der Waals surface area contributed by atoms with Crippen molar-refractivity contribution in [2.24, 2.45) is 5.10 Å². The first-order valence-electron chi connectivity index (χ1n) is 8.14. The average molecular weight is 407 g/mol. The highest BCUT2D eigenvalue weighted by atomic mass is 35.5. The van der Waals surface area contributed by atoms with E-state index in [0.29, 0.717) is 27.7 Å². The average Bonchev–Trinajstić information content (AvgIpc) is 2.78. The number of nitro benzene ring substituents is 1. The van der Waals surface area contributed by atoms with E-state index in [1.807, 2.05) is 6.92 Å². The molecule has 1 atom stereocenters. The molecule has 0 saturated carbocycles. The van der Waals surface area contributed by atoms with Gasteiger partial charge in [-0.15, -0.1) is 0 Å². The predicted octanol–water partition coefficient (Wildman–Crippen LogP) is 4.24. The minimum atomic E-state index is -0.470. The van der Waals surface area contributed by atoms with Gasteiger partial charge in [0.25, 0.3) is 5.69 Å². The third kappa shape index (κ3) is 3.74. The number of non-ortho nitro benzene ring substituents is 1. The molecule has 2 aromatic carbocycles. The van der Waals surface area contributed by atoms with Crippen molar-refractivity contribution in [1.82, 2.24) is 10.3 Å². The summed E-state index contributed by atoms with van der Waals surface area (Å²) in [6, 6.07) is 8.89. The largest absolute Gasteiger partial charge is 0.340 e. The molecule has 9 heteroatoms. The van der Waals surface area contributed by atoms with Crippen LogP contribution in [0.15, 0.2) is 41.5 Å². The van der Waals surface area contributed by atoms with Crippen LogP contribution in [-0.2, 0) is 6.42 Å². The molecule has 3 rings (SSSR count). The lowest BCUT2D eigenvalue weighted by atomic mass is 9.94. The van der Waals surface area contributed by atoms with Gasteiger partial charge in [0.05, 0.1) is 26.7 Å². The fraction of sp³-hybridized carbons (Fsp3) is 0.222. The summed E-state index contributed by atoms with van der Waals surface area (Å²) in [5.41, 5.74) is 2.71. The van der Waals surface area contributed by atoms with Crippen molar-refractivity contribution >= 4 is 40.6 Å². The van der Waals surface area contributed by atoms with E-state index in [1.165, 1.54) is 24.2 Å². The predicted molar refractivity (Wildman–Crippen MR) is 105 cm³/mol. The maximum atomic E-state index is 12.3. The third-order valence-electron chi connectivity index (χ3n) is 4.32. The van der Waals surface area contributed by atoms with Crippen molar-refractivity contribution in [3.63, 3.8) is 0 Å². The number of hydrogen-bond donors (Lipinski definition) is 1. The van der Waals surface area contributed by atoms with E-state index < -0.39 is 4.92 Å². The first-order valence-corrected chi connectivity index (χ1v) is 8.90. The van der Waals surface area contributed by atoms with Crippen LogP contribution in [0, 0.1) is 10.1 Å². The minimum absolute atomic E-state index is 0.0288. The lowest BCUT2D eigenvalue weighted by molar-refractivity contribution is -0.384. The van der Waals surface area contributed by atoms with Crippen LogP contribution in [0.1, 0.15) is 23.6 Å². The van der Waals surface area contributed by atoms with Crippen molar-refractivity contribution < 1.29 is 9.72 Å². The number of nitrogens with zero attached hydrogens (tertiary/aromatic N) is 3. The van der Waals surface area contributed by atoms with Crippen LogP contribution in [0.4, 0.5) is 10.5 Å². The molecule has 0 radical (unpaired) electrons. The van der Waals surface area contributed by atoms with Crippen LogP contribution < -0.4 is 5.32 Å². The Bertz CT molecular complexity index is 944. The molecule has 0 spiro atoms. The maximum Gasteiger partial charge on any atom is 0.337 e. The van der Waals surface area contributed by atoms with Crippen LogP contribution >= 0.6 is 23.2 Å². The smallest absolute Gasteiger partial charge is 0.337 e. The highest BCUT2D eigenvalue weighted by molar-refractivity contribution is 6.42. The summed E-state index contributed by atoms with van der Waals surface area (Å²) in [4.78, 5) is 22.8. The highest BCUT2D eigenvalue weighted by Crippen LogP contribution is 2.31. The van der Waals surface area contributed by atoms with Crippen LogP contribution in [0.2, 0.25) is 10.0 Å². The molecule has 7 nitrogen and oxygen atoms in total. The van der Waals surface area contributed by atoms with Gasteiger partial charge in [-0.05, 0) is 43.2 Å². The Morgan fingerprint density at radius 3 is 2.48 bits per heavy atom.